The van der Waals surface area contributed by atoms with E-state index in [-0.39, 0.29) is 12.1 Å². The van der Waals surface area contributed by atoms with E-state index in [0.717, 1.165) is 0 Å². The van der Waals surface area contributed by atoms with Crippen LogP contribution < -0.4 is 15.2 Å². The molecule has 0 radical (unpaired) electrons. The maximum atomic E-state index is 12.0. The number of hydrogen-bond donors (Lipinski definition) is 1. The zero-order valence-electron chi connectivity index (χ0n) is 12.5. The SMILES string of the molecule is N#C/C(=C\c1ccc(OCC(=O)[O-])cc1)C(=O)NCc1ccco1. The average molecular weight is 325 g/mol. The Labute approximate surface area is 137 Å². The van der Waals surface area contributed by atoms with E-state index < -0.39 is 18.5 Å². The molecule has 122 valence electrons. The molecule has 0 aliphatic rings. The standard InChI is InChI=1S/C17H14N2O5/c18-9-13(17(22)19-10-15-2-1-7-23-15)8-12-3-5-14(6-4-12)24-11-16(20)21/h1-8H,10-11H2,(H,19,22)(H,20,21)/p-1/b13-8+. The van der Waals surface area contributed by atoms with Crippen molar-refractivity contribution in [2.24, 2.45) is 0 Å². The number of nitrogens with one attached hydrogen (secondary N) is 1. The highest BCUT2D eigenvalue weighted by Gasteiger charge is 2.09. The van der Waals surface area contributed by atoms with Gasteiger partial charge in [0.05, 0.1) is 18.8 Å². The first-order chi connectivity index (χ1) is 11.6. The van der Waals surface area contributed by atoms with Crippen LogP contribution >= 0.6 is 0 Å². The van der Waals surface area contributed by atoms with Gasteiger partial charge in [-0.2, -0.15) is 5.26 Å². The van der Waals surface area contributed by atoms with E-state index in [2.05, 4.69) is 5.32 Å². The Morgan fingerprint density at radius 2 is 2.04 bits per heavy atom. The van der Waals surface area contributed by atoms with E-state index in [9.17, 15) is 14.7 Å². The molecule has 0 unspecified atom stereocenters. The Morgan fingerprint density at radius 1 is 1.29 bits per heavy atom. The number of nitriles is 1. The molecular weight excluding hydrogens is 312 g/mol. The predicted octanol–water partition coefficient (Wildman–Crippen LogP) is 0.632. The van der Waals surface area contributed by atoms with Crippen LogP contribution in [0.1, 0.15) is 11.3 Å². The zero-order chi connectivity index (χ0) is 17.4. The minimum atomic E-state index is -1.32. The van der Waals surface area contributed by atoms with Gasteiger partial charge in [0.2, 0.25) is 0 Å². The molecule has 0 aliphatic heterocycles. The van der Waals surface area contributed by atoms with E-state index in [4.69, 9.17) is 14.4 Å². The first-order valence-electron chi connectivity index (χ1n) is 6.93. The molecule has 1 aromatic carbocycles. The lowest BCUT2D eigenvalue weighted by molar-refractivity contribution is -0.307. The van der Waals surface area contributed by atoms with Crippen molar-refractivity contribution in [3.05, 3.63) is 59.6 Å². The van der Waals surface area contributed by atoms with E-state index >= 15 is 0 Å². The van der Waals surface area contributed by atoms with E-state index in [1.54, 1.807) is 24.3 Å². The molecule has 7 nitrogen and oxygen atoms in total. The molecule has 1 amide bonds. The fourth-order valence-corrected chi connectivity index (χ4v) is 1.79. The van der Waals surface area contributed by atoms with Crippen LogP contribution in [0.5, 0.6) is 5.75 Å². The molecule has 1 N–H and O–H groups in total. The number of ether oxygens (including phenoxy) is 1. The first kappa shape index (κ1) is 16.8. The summed E-state index contributed by atoms with van der Waals surface area (Å²) < 4.78 is 10.0. The summed E-state index contributed by atoms with van der Waals surface area (Å²) in [5.41, 5.74) is 0.533. The summed E-state index contributed by atoms with van der Waals surface area (Å²) in [6.45, 7) is -0.366. The van der Waals surface area contributed by atoms with Crippen LogP contribution in [0.4, 0.5) is 0 Å². The number of aliphatic carboxylic acids is 1. The molecule has 0 spiro atoms. The number of carboxylic acids is 1. The normalized spacial score (nSPS) is 10.7. The van der Waals surface area contributed by atoms with Gasteiger partial charge >= 0.3 is 0 Å². The second-order valence-corrected chi connectivity index (χ2v) is 4.66. The summed E-state index contributed by atoms with van der Waals surface area (Å²) >= 11 is 0. The molecule has 24 heavy (non-hydrogen) atoms. The van der Waals surface area contributed by atoms with Gasteiger partial charge in [0.25, 0.3) is 5.91 Å². The van der Waals surface area contributed by atoms with Crippen LogP contribution in [-0.4, -0.2) is 18.5 Å². The second kappa shape index (κ2) is 8.19. The Balaban J connectivity index is 1.99. The van der Waals surface area contributed by atoms with Gasteiger partial charge in [-0.1, -0.05) is 12.1 Å². The molecule has 7 heteroatoms. The van der Waals surface area contributed by atoms with Gasteiger partial charge in [-0.25, -0.2) is 0 Å². The van der Waals surface area contributed by atoms with Gasteiger partial charge in [0, 0.05) is 0 Å². The number of carbonyl (C=O) groups is 2. The highest BCUT2D eigenvalue weighted by atomic mass is 16.5. The number of furan rings is 1. The maximum absolute atomic E-state index is 12.0. The van der Waals surface area contributed by atoms with Crippen LogP contribution in [0.2, 0.25) is 0 Å². The molecule has 1 aromatic heterocycles. The van der Waals surface area contributed by atoms with Crippen molar-refractivity contribution in [1.82, 2.24) is 5.32 Å². The lowest BCUT2D eigenvalue weighted by Gasteiger charge is -2.06. The quantitative estimate of drug-likeness (QED) is 0.590. The summed E-state index contributed by atoms with van der Waals surface area (Å²) in [5, 5.41) is 22.0. The van der Waals surface area contributed by atoms with Crippen molar-refractivity contribution < 1.29 is 23.8 Å². The number of benzene rings is 1. The number of carboxylic acid groups (broad SMARTS) is 1. The minimum absolute atomic E-state index is 0.0649. The lowest BCUT2D eigenvalue weighted by Crippen LogP contribution is -2.28. The Morgan fingerprint density at radius 3 is 2.62 bits per heavy atom. The fraction of sp³-hybridized carbons (Fsp3) is 0.118. The molecule has 0 fully saturated rings. The molecule has 0 atom stereocenters. The average Bonchev–Trinajstić information content (AvgIpc) is 3.10. The highest BCUT2D eigenvalue weighted by Crippen LogP contribution is 2.14. The fourth-order valence-electron chi connectivity index (χ4n) is 1.79. The predicted molar refractivity (Wildman–Crippen MR) is 81.1 cm³/mol. The maximum Gasteiger partial charge on any atom is 0.262 e. The van der Waals surface area contributed by atoms with Gasteiger partial charge in [-0.15, -0.1) is 0 Å². The van der Waals surface area contributed by atoms with E-state index in [0.29, 0.717) is 17.1 Å². The first-order valence-corrected chi connectivity index (χ1v) is 6.93. The number of hydrogen-bond acceptors (Lipinski definition) is 6. The van der Waals surface area contributed by atoms with Gasteiger partial charge in [0.15, 0.2) is 0 Å². The monoisotopic (exact) mass is 325 g/mol. The summed E-state index contributed by atoms with van der Waals surface area (Å²) in [4.78, 5) is 22.3. The third kappa shape index (κ3) is 5.03. The summed E-state index contributed by atoms with van der Waals surface area (Å²) in [6, 6.07) is 11.5. The zero-order valence-corrected chi connectivity index (χ0v) is 12.5. The summed E-state index contributed by atoms with van der Waals surface area (Å²) in [5.74, 6) is -0.919. The minimum Gasteiger partial charge on any atom is -0.546 e. The third-order valence-corrected chi connectivity index (χ3v) is 2.92. The Kier molecular flexibility index (Phi) is 5.75. The molecule has 0 saturated heterocycles. The molecule has 0 bridgehead atoms. The number of rotatable bonds is 7. The molecule has 1 heterocycles. The van der Waals surface area contributed by atoms with Crippen molar-refractivity contribution in [2.45, 2.75) is 6.54 Å². The Hall–Kier alpha value is -3.53. The van der Waals surface area contributed by atoms with Crippen LogP contribution in [0.3, 0.4) is 0 Å². The van der Waals surface area contributed by atoms with E-state index in [1.807, 2.05) is 6.07 Å². The van der Waals surface area contributed by atoms with Crippen molar-refractivity contribution in [1.29, 1.82) is 5.26 Å². The topological polar surface area (TPSA) is 115 Å². The van der Waals surface area contributed by atoms with Crippen LogP contribution in [0.25, 0.3) is 6.08 Å². The Bertz CT molecular complexity index is 770. The molecule has 2 aromatic rings. The lowest BCUT2D eigenvalue weighted by atomic mass is 10.1. The molecule has 2 rings (SSSR count). The van der Waals surface area contributed by atoms with Gasteiger partial charge in [-0.3, -0.25) is 4.79 Å². The van der Waals surface area contributed by atoms with Crippen LogP contribution in [0.15, 0.2) is 52.7 Å². The highest BCUT2D eigenvalue weighted by molar-refractivity contribution is 6.01. The van der Waals surface area contributed by atoms with E-state index in [1.165, 1.54) is 24.5 Å². The molecule has 0 aliphatic carbocycles. The summed E-state index contributed by atoms with van der Waals surface area (Å²) in [6.07, 6.45) is 2.91. The van der Waals surface area contributed by atoms with Crippen LogP contribution in [0, 0.1) is 11.3 Å². The van der Waals surface area contributed by atoms with Gasteiger partial charge in [0.1, 0.15) is 29.8 Å². The second-order valence-electron chi connectivity index (χ2n) is 4.66. The number of nitrogens with zero attached hydrogens (tertiary/aromatic N) is 1. The third-order valence-electron chi connectivity index (χ3n) is 2.92. The smallest absolute Gasteiger partial charge is 0.262 e. The molecular formula is C17H13N2O5-. The largest absolute Gasteiger partial charge is 0.546 e. The van der Waals surface area contributed by atoms with Crippen LogP contribution in [-0.2, 0) is 16.1 Å². The number of carbonyl (C=O) groups excluding carboxylic acids is 2. The van der Waals surface area contributed by atoms with Gasteiger partial charge < -0.3 is 24.4 Å². The van der Waals surface area contributed by atoms with Crippen molar-refractivity contribution >= 4 is 18.0 Å². The van der Waals surface area contributed by atoms with Crippen molar-refractivity contribution in [2.75, 3.05) is 6.61 Å². The number of amides is 1. The summed E-state index contributed by atoms with van der Waals surface area (Å²) in [7, 11) is 0. The van der Waals surface area contributed by atoms with Crippen molar-refractivity contribution in [3.63, 3.8) is 0 Å². The molecule has 0 saturated carbocycles. The van der Waals surface area contributed by atoms with Crippen molar-refractivity contribution in [3.8, 4) is 11.8 Å². The van der Waals surface area contributed by atoms with Gasteiger partial charge in [-0.05, 0) is 35.9 Å².